The van der Waals surface area contributed by atoms with Crippen LogP contribution in [-0.4, -0.2) is 65.5 Å². The molecule has 8 nitrogen and oxygen atoms in total. The first kappa shape index (κ1) is 18.8. The molecule has 1 atom stereocenters. The van der Waals surface area contributed by atoms with Crippen molar-refractivity contribution in [1.29, 1.82) is 0 Å². The quantitative estimate of drug-likeness (QED) is 0.890. The van der Waals surface area contributed by atoms with Gasteiger partial charge < -0.3 is 24.3 Å². The topological polar surface area (TPSA) is 92.1 Å². The molecule has 1 N–H and O–H groups in total. The molecule has 1 saturated heterocycles. The zero-order chi connectivity index (χ0) is 18.6. The van der Waals surface area contributed by atoms with E-state index in [9.17, 15) is 14.4 Å². The molecule has 1 aromatic heterocycles. The second-order valence-corrected chi connectivity index (χ2v) is 6.97. The zero-order valence-corrected chi connectivity index (χ0v) is 15.1. The average molecular weight is 351 g/mol. The third kappa shape index (κ3) is 5.23. The predicted octanol–water partition coefficient (Wildman–Crippen LogP) is 1.48. The van der Waals surface area contributed by atoms with E-state index in [0.29, 0.717) is 26.2 Å². The zero-order valence-electron chi connectivity index (χ0n) is 15.1. The molecule has 0 unspecified atom stereocenters. The van der Waals surface area contributed by atoms with Crippen molar-refractivity contribution in [3.8, 4) is 0 Å². The Morgan fingerprint density at radius 1 is 1.16 bits per heavy atom. The van der Waals surface area contributed by atoms with Gasteiger partial charge in [0.2, 0.25) is 5.91 Å². The van der Waals surface area contributed by atoms with E-state index in [1.54, 1.807) is 22.8 Å². The van der Waals surface area contributed by atoms with Gasteiger partial charge in [-0.2, -0.15) is 0 Å². The van der Waals surface area contributed by atoms with Gasteiger partial charge in [-0.3, -0.25) is 9.59 Å². The Morgan fingerprint density at radius 3 is 2.28 bits per heavy atom. The minimum Gasteiger partial charge on any atom is -0.459 e. The normalized spacial score (nSPS) is 16.3. The van der Waals surface area contributed by atoms with Crippen LogP contribution in [0.5, 0.6) is 0 Å². The summed E-state index contributed by atoms with van der Waals surface area (Å²) in [5.41, 5.74) is -0.547. The molecule has 0 spiro atoms. The number of carbonyl (C=O) groups is 3. The Labute approximate surface area is 147 Å². The average Bonchev–Trinajstić information content (AvgIpc) is 3.07. The second-order valence-electron chi connectivity index (χ2n) is 6.97. The molecule has 138 valence electrons. The van der Waals surface area contributed by atoms with Crippen molar-refractivity contribution in [1.82, 2.24) is 15.1 Å². The molecule has 0 radical (unpaired) electrons. The summed E-state index contributed by atoms with van der Waals surface area (Å²) in [6, 6.07) is 2.47. The molecule has 25 heavy (non-hydrogen) atoms. The maximum Gasteiger partial charge on any atom is 0.410 e. The van der Waals surface area contributed by atoms with Crippen LogP contribution in [0.15, 0.2) is 22.8 Å². The van der Waals surface area contributed by atoms with Gasteiger partial charge in [-0.15, -0.1) is 0 Å². The minimum atomic E-state index is -0.675. The van der Waals surface area contributed by atoms with E-state index in [1.165, 1.54) is 12.3 Å². The van der Waals surface area contributed by atoms with Gasteiger partial charge in [0.05, 0.1) is 6.26 Å². The van der Waals surface area contributed by atoms with Crippen LogP contribution in [0.3, 0.4) is 0 Å². The Bertz CT molecular complexity index is 613. The number of ether oxygens (including phenoxy) is 1. The molecule has 0 aromatic carbocycles. The summed E-state index contributed by atoms with van der Waals surface area (Å²) in [6.07, 6.45) is 1.02. The standard InChI is InChI=1S/C17H25N3O5/c1-12(18-14(21)13-6-5-11-24-13)15(22)19-7-9-20(10-8-19)16(23)25-17(2,3)4/h5-6,11-12H,7-10H2,1-4H3,(H,18,21)/t12-/m1/s1. The fourth-order valence-corrected chi connectivity index (χ4v) is 2.45. The summed E-state index contributed by atoms with van der Waals surface area (Å²) >= 11 is 0. The number of hydrogen-bond acceptors (Lipinski definition) is 5. The third-order valence-electron chi connectivity index (χ3n) is 3.71. The Balaban J connectivity index is 1.82. The second kappa shape index (κ2) is 7.58. The lowest BCUT2D eigenvalue weighted by atomic mass is 10.2. The molecule has 8 heteroatoms. The Kier molecular flexibility index (Phi) is 5.71. The predicted molar refractivity (Wildman–Crippen MR) is 90.0 cm³/mol. The first-order valence-electron chi connectivity index (χ1n) is 8.28. The monoisotopic (exact) mass is 351 g/mol. The first-order valence-corrected chi connectivity index (χ1v) is 8.28. The molecule has 2 heterocycles. The number of rotatable bonds is 3. The summed E-state index contributed by atoms with van der Waals surface area (Å²) < 4.78 is 10.3. The van der Waals surface area contributed by atoms with E-state index in [1.807, 2.05) is 20.8 Å². The number of hydrogen-bond donors (Lipinski definition) is 1. The largest absolute Gasteiger partial charge is 0.459 e. The SMILES string of the molecule is C[C@@H](NC(=O)c1ccco1)C(=O)N1CCN(C(=O)OC(C)(C)C)CC1. The van der Waals surface area contributed by atoms with E-state index in [2.05, 4.69) is 5.32 Å². The van der Waals surface area contributed by atoms with Gasteiger partial charge in [-0.05, 0) is 39.8 Å². The third-order valence-corrected chi connectivity index (χ3v) is 3.71. The van der Waals surface area contributed by atoms with Gasteiger partial charge in [0.1, 0.15) is 11.6 Å². The number of furan rings is 1. The van der Waals surface area contributed by atoms with Gasteiger partial charge in [0, 0.05) is 26.2 Å². The fraction of sp³-hybridized carbons (Fsp3) is 0.588. The lowest BCUT2D eigenvalue weighted by Crippen LogP contribution is -2.55. The van der Waals surface area contributed by atoms with Crippen LogP contribution in [0.1, 0.15) is 38.2 Å². The van der Waals surface area contributed by atoms with Crippen LogP contribution in [0.2, 0.25) is 0 Å². The van der Waals surface area contributed by atoms with Crippen molar-refractivity contribution >= 4 is 17.9 Å². The molecule has 0 saturated carbocycles. The number of piperazine rings is 1. The van der Waals surface area contributed by atoms with Crippen LogP contribution >= 0.6 is 0 Å². The maximum atomic E-state index is 12.5. The highest BCUT2D eigenvalue weighted by Crippen LogP contribution is 2.12. The summed E-state index contributed by atoms with van der Waals surface area (Å²) in [4.78, 5) is 39.6. The molecule has 1 aliphatic heterocycles. The van der Waals surface area contributed by atoms with Gasteiger partial charge in [0.25, 0.3) is 5.91 Å². The van der Waals surface area contributed by atoms with E-state index in [4.69, 9.17) is 9.15 Å². The molecular formula is C17H25N3O5. The lowest BCUT2D eigenvalue weighted by molar-refractivity contribution is -0.134. The first-order chi connectivity index (χ1) is 11.7. The van der Waals surface area contributed by atoms with Crippen molar-refractivity contribution in [3.63, 3.8) is 0 Å². The van der Waals surface area contributed by atoms with Crippen molar-refractivity contribution in [2.75, 3.05) is 26.2 Å². The van der Waals surface area contributed by atoms with Gasteiger partial charge in [-0.25, -0.2) is 4.79 Å². The lowest BCUT2D eigenvalue weighted by Gasteiger charge is -2.36. The van der Waals surface area contributed by atoms with Crippen LogP contribution in [0.25, 0.3) is 0 Å². The summed E-state index contributed by atoms with van der Waals surface area (Å²) in [7, 11) is 0. The van der Waals surface area contributed by atoms with Gasteiger partial charge >= 0.3 is 6.09 Å². The van der Waals surface area contributed by atoms with Gasteiger partial charge in [0.15, 0.2) is 5.76 Å². The summed E-state index contributed by atoms with van der Waals surface area (Å²) in [5, 5.41) is 2.62. The Morgan fingerprint density at radius 2 is 1.76 bits per heavy atom. The maximum absolute atomic E-state index is 12.5. The van der Waals surface area contributed by atoms with E-state index in [0.717, 1.165) is 0 Å². The van der Waals surface area contributed by atoms with Crippen molar-refractivity contribution in [2.45, 2.75) is 39.3 Å². The van der Waals surface area contributed by atoms with Crippen LogP contribution in [0, 0.1) is 0 Å². The van der Waals surface area contributed by atoms with E-state index >= 15 is 0 Å². The summed E-state index contributed by atoms with van der Waals surface area (Å²) in [5.74, 6) is -0.462. The molecule has 0 aliphatic carbocycles. The van der Waals surface area contributed by atoms with Crippen LogP contribution in [-0.2, 0) is 9.53 Å². The van der Waals surface area contributed by atoms with Crippen LogP contribution in [0.4, 0.5) is 4.79 Å². The highest BCUT2D eigenvalue weighted by molar-refractivity contribution is 5.95. The number of nitrogens with one attached hydrogen (secondary N) is 1. The molecule has 1 aliphatic rings. The number of carbonyl (C=O) groups excluding carboxylic acids is 3. The molecule has 3 amide bonds. The molecule has 1 fully saturated rings. The van der Waals surface area contributed by atoms with Crippen molar-refractivity contribution in [2.24, 2.45) is 0 Å². The van der Waals surface area contributed by atoms with Crippen molar-refractivity contribution < 1.29 is 23.5 Å². The highest BCUT2D eigenvalue weighted by atomic mass is 16.6. The molecule has 2 rings (SSSR count). The molecular weight excluding hydrogens is 326 g/mol. The highest BCUT2D eigenvalue weighted by Gasteiger charge is 2.30. The van der Waals surface area contributed by atoms with Crippen LogP contribution < -0.4 is 5.32 Å². The molecule has 0 bridgehead atoms. The minimum absolute atomic E-state index is 0.161. The fourth-order valence-electron chi connectivity index (χ4n) is 2.45. The Hall–Kier alpha value is -2.51. The van der Waals surface area contributed by atoms with Gasteiger partial charge in [-0.1, -0.05) is 0 Å². The van der Waals surface area contributed by atoms with Crippen molar-refractivity contribution in [3.05, 3.63) is 24.2 Å². The number of nitrogens with zero attached hydrogens (tertiary/aromatic N) is 2. The van der Waals surface area contributed by atoms with E-state index < -0.39 is 17.6 Å². The number of amides is 3. The summed E-state index contributed by atoms with van der Waals surface area (Å²) in [6.45, 7) is 8.68. The molecule has 1 aromatic rings. The van der Waals surface area contributed by atoms with E-state index in [-0.39, 0.29) is 17.8 Å². The smallest absolute Gasteiger partial charge is 0.410 e.